The Morgan fingerprint density at radius 2 is 1.69 bits per heavy atom. The summed E-state index contributed by atoms with van der Waals surface area (Å²) in [6.45, 7) is -0.541. The summed E-state index contributed by atoms with van der Waals surface area (Å²) in [4.78, 5) is 9.49. The molecule has 10 nitrogen and oxygen atoms in total. The van der Waals surface area contributed by atoms with E-state index in [1.165, 1.54) is 6.20 Å². The molecule has 2 aromatic heterocycles. The molecule has 0 bridgehead atoms. The molecule has 0 amide bonds. The van der Waals surface area contributed by atoms with Crippen molar-refractivity contribution in [1.29, 1.82) is 0 Å². The van der Waals surface area contributed by atoms with Crippen molar-refractivity contribution in [2.45, 2.75) is 49.4 Å². The van der Waals surface area contributed by atoms with Crippen LogP contribution in [-0.4, -0.2) is 78.1 Å². The molecule has 36 heavy (non-hydrogen) atoms. The van der Waals surface area contributed by atoms with E-state index in [1.54, 1.807) is 24.5 Å². The topological polar surface area (TPSA) is 135 Å². The number of halogens is 3. The minimum Gasteiger partial charge on any atom is -0.394 e. The molecule has 4 heterocycles. The molecule has 1 fully saturated rings. The van der Waals surface area contributed by atoms with Crippen molar-refractivity contribution in [3.8, 4) is 11.3 Å². The molecule has 0 aliphatic carbocycles. The van der Waals surface area contributed by atoms with Crippen LogP contribution in [0.3, 0.4) is 0 Å². The first-order valence-electron chi connectivity index (χ1n) is 11.2. The Bertz CT molecular complexity index is 1240. The third-order valence-corrected chi connectivity index (χ3v) is 6.33. The Hall–Kier alpha value is -3.39. The zero-order chi connectivity index (χ0) is 25.4. The van der Waals surface area contributed by atoms with E-state index in [1.807, 2.05) is 0 Å². The van der Waals surface area contributed by atoms with Crippen LogP contribution in [0, 0.1) is 17.5 Å². The Morgan fingerprint density at radius 3 is 2.39 bits per heavy atom. The molecule has 5 rings (SSSR count). The highest BCUT2D eigenvalue weighted by Gasteiger charge is 2.47. The predicted molar refractivity (Wildman–Crippen MR) is 117 cm³/mol. The second-order valence-corrected chi connectivity index (χ2v) is 8.65. The highest BCUT2D eigenvalue weighted by atomic mass is 19.2. The molecule has 6 atom stereocenters. The lowest BCUT2D eigenvalue weighted by atomic mass is 9.89. The third-order valence-electron chi connectivity index (χ3n) is 6.33. The first-order valence-corrected chi connectivity index (χ1v) is 11.2. The van der Waals surface area contributed by atoms with Crippen molar-refractivity contribution in [1.82, 2.24) is 20.0 Å². The summed E-state index contributed by atoms with van der Waals surface area (Å²) in [5.41, 5.74) is 1.47. The normalized spacial score (nSPS) is 28.1. The van der Waals surface area contributed by atoms with Gasteiger partial charge in [-0.3, -0.25) is 4.98 Å². The van der Waals surface area contributed by atoms with E-state index in [0.29, 0.717) is 12.1 Å². The van der Waals surface area contributed by atoms with Gasteiger partial charge in [-0.1, -0.05) is 10.4 Å². The van der Waals surface area contributed by atoms with Gasteiger partial charge in [-0.05, 0) is 24.3 Å². The highest BCUT2D eigenvalue weighted by Crippen LogP contribution is 2.34. The number of aliphatic hydroxyl groups is 3. The van der Waals surface area contributed by atoms with Crippen LogP contribution >= 0.6 is 0 Å². The zero-order valence-corrected chi connectivity index (χ0v) is 18.7. The summed E-state index contributed by atoms with van der Waals surface area (Å²) < 4.78 is 47.6. The minimum atomic E-state index is -1.61. The lowest BCUT2D eigenvalue weighted by Gasteiger charge is -2.42. The molecule has 190 valence electrons. The number of hydrogen-bond acceptors (Lipinski definition) is 9. The quantitative estimate of drug-likeness (QED) is 0.428. The molecule has 0 radical (unpaired) electrons. The van der Waals surface area contributed by atoms with Gasteiger partial charge in [0.15, 0.2) is 17.5 Å². The average molecular weight is 505 g/mol. The van der Waals surface area contributed by atoms with Crippen molar-refractivity contribution >= 4 is 5.71 Å². The van der Waals surface area contributed by atoms with Gasteiger partial charge in [0.2, 0.25) is 0 Å². The van der Waals surface area contributed by atoms with Gasteiger partial charge in [0.25, 0.3) is 0 Å². The van der Waals surface area contributed by atoms with Crippen LogP contribution in [0.1, 0.15) is 24.4 Å². The van der Waals surface area contributed by atoms with Crippen molar-refractivity contribution in [3.05, 3.63) is 65.9 Å². The predicted octanol–water partition coefficient (Wildman–Crippen LogP) is 1.36. The van der Waals surface area contributed by atoms with Crippen LogP contribution in [0.15, 0.2) is 48.0 Å². The highest BCUT2D eigenvalue weighted by molar-refractivity contribution is 6.01. The number of pyridine rings is 1. The minimum absolute atomic E-state index is 0.00897. The van der Waals surface area contributed by atoms with Crippen LogP contribution < -0.4 is 0 Å². The van der Waals surface area contributed by atoms with Gasteiger partial charge < -0.3 is 24.9 Å². The fourth-order valence-electron chi connectivity index (χ4n) is 4.47. The second kappa shape index (κ2) is 9.93. The SMILES string of the molecule is OC[C@H]1O[C@H](CC2CC(c3ccncc3)=NO2)[C@H](O)[C@@H](n2cc(-c3cc(F)c(F)c(F)c3)nn2)[C@H]1O. The molecule has 2 aliphatic rings. The van der Waals surface area contributed by atoms with Crippen molar-refractivity contribution in [2.24, 2.45) is 5.16 Å². The maximum Gasteiger partial charge on any atom is 0.194 e. The lowest BCUT2D eigenvalue weighted by Crippen LogP contribution is -2.56. The number of oxime groups is 1. The monoisotopic (exact) mass is 505 g/mol. The molecule has 0 spiro atoms. The van der Waals surface area contributed by atoms with Crippen LogP contribution in [0.5, 0.6) is 0 Å². The van der Waals surface area contributed by atoms with Gasteiger partial charge in [-0.2, -0.15) is 0 Å². The van der Waals surface area contributed by atoms with Crippen molar-refractivity contribution in [3.63, 3.8) is 0 Å². The molecule has 1 aromatic carbocycles. The number of rotatable bonds is 6. The molecule has 1 unspecified atom stereocenters. The molecular formula is C23H22F3N5O5. The summed E-state index contributed by atoms with van der Waals surface area (Å²) in [5, 5.41) is 43.5. The smallest absolute Gasteiger partial charge is 0.194 e. The van der Waals surface area contributed by atoms with E-state index in [-0.39, 0.29) is 17.7 Å². The van der Waals surface area contributed by atoms with E-state index >= 15 is 0 Å². The Kier molecular flexibility index (Phi) is 6.71. The van der Waals surface area contributed by atoms with E-state index in [2.05, 4.69) is 20.5 Å². The Labute approximate surface area is 202 Å². The Morgan fingerprint density at radius 1 is 1.00 bits per heavy atom. The average Bonchev–Trinajstić information content (AvgIpc) is 3.55. The van der Waals surface area contributed by atoms with Gasteiger partial charge in [0.05, 0.1) is 24.6 Å². The third kappa shape index (κ3) is 4.57. The molecular weight excluding hydrogens is 483 g/mol. The Balaban J connectivity index is 1.34. The van der Waals surface area contributed by atoms with Crippen LogP contribution in [-0.2, 0) is 9.57 Å². The second-order valence-electron chi connectivity index (χ2n) is 8.65. The molecule has 2 aliphatic heterocycles. The fourth-order valence-corrected chi connectivity index (χ4v) is 4.47. The zero-order valence-electron chi connectivity index (χ0n) is 18.7. The van der Waals surface area contributed by atoms with E-state index in [0.717, 1.165) is 22.4 Å². The summed E-state index contributed by atoms with van der Waals surface area (Å²) in [7, 11) is 0. The van der Waals surface area contributed by atoms with Crippen LogP contribution in [0.2, 0.25) is 0 Å². The van der Waals surface area contributed by atoms with Crippen LogP contribution in [0.4, 0.5) is 13.2 Å². The number of benzene rings is 1. The number of ether oxygens (including phenoxy) is 1. The van der Waals surface area contributed by atoms with E-state index in [9.17, 15) is 28.5 Å². The number of hydrogen-bond donors (Lipinski definition) is 3. The summed E-state index contributed by atoms with van der Waals surface area (Å²) in [6, 6.07) is 4.01. The molecule has 3 N–H and O–H groups in total. The summed E-state index contributed by atoms with van der Waals surface area (Å²) in [6.07, 6.45) is 0.113. The maximum absolute atomic E-state index is 13.7. The molecule has 3 aromatic rings. The summed E-state index contributed by atoms with van der Waals surface area (Å²) >= 11 is 0. The van der Waals surface area contributed by atoms with Gasteiger partial charge >= 0.3 is 0 Å². The standard InChI is InChI=1S/C23H22F3N5O5/c24-14-5-12(6-15(25)20(14)26)17-9-31(30-28-17)21-22(33)18(35-19(10-32)23(21)34)8-13-7-16(29-36-13)11-1-3-27-4-2-11/h1-6,9,13,18-19,21-23,32-34H,7-8,10H2/t13?,18-,19-,21-,22+,23+/m1/s1. The molecule has 0 saturated carbocycles. The molecule has 1 saturated heterocycles. The van der Waals surface area contributed by atoms with Gasteiger partial charge in [0, 0.05) is 36.4 Å². The number of aliphatic hydroxyl groups excluding tert-OH is 3. The lowest BCUT2D eigenvalue weighted by molar-refractivity contribution is -0.212. The van der Waals surface area contributed by atoms with Gasteiger partial charge in [0.1, 0.15) is 36.2 Å². The number of aromatic nitrogens is 4. The molecule has 13 heteroatoms. The number of nitrogens with zero attached hydrogens (tertiary/aromatic N) is 5. The van der Waals surface area contributed by atoms with Gasteiger partial charge in [-0.15, -0.1) is 5.10 Å². The van der Waals surface area contributed by atoms with E-state index in [4.69, 9.17) is 9.57 Å². The summed E-state index contributed by atoms with van der Waals surface area (Å²) in [5.74, 6) is -4.40. The van der Waals surface area contributed by atoms with E-state index < -0.39 is 60.6 Å². The maximum atomic E-state index is 13.7. The van der Waals surface area contributed by atoms with Crippen molar-refractivity contribution in [2.75, 3.05) is 6.61 Å². The van der Waals surface area contributed by atoms with Crippen LogP contribution in [0.25, 0.3) is 11.3 Å². The van der Waals surface area contributed by atoms with Gasteiger partial charge in [-0.25, -0.2) is 17.9 Å². The van der Waals surface area contributed by atoms with Crippen molar-refractivity contribution < 1.29 is 38.1 Å². The first-order chi connectivity index (χ1) is 17.4. The first kappa shape index (κ1) is 24.3. The largest absolute Gasteiger partial charge is 0.394 e. The fraction of sp³-hybridized carbons (Fsp3) is 0.391.